The molecule has 0 unspecified atom stereocenters. The van der Waals surface area contributed by atoms with Gasteiger partial charge in [0, 0.05) is 37.1 Å². The molecule has 1 aromatic heterocycles. The van der Waals surface area contributed by atoms with E-state index < -0.39 is 0 Å². The van der Waals surface area contributed by atoms with Crippen LogP contribution in [0.3, 0.4) is 0 Å². The Labute approximate surface area is 89.1 Å². The summed E-state index contributed by atoms with van der Waals surface area (Å²) in [7, 11) is 0. The van der Waals surface area contributed by atoms with Crippen LogP contribution in [-0.4, -0.2) is 34.9 Å². The van der Waals surface area contributed by atoms with Gasteiger partial charge in [-0.1, -0.05) is 0 Å². The summed E-state index contributed by atoms with van der Waals surface area (Å²) in [6.45, 7) is 1.41. The van der Waals surface area contributed by atoms with E-state index in [1.807, 2.05) is 4.90 Å². The number of carbonyl (C=O) groups is 1. The third-order valence-corrected chi connectivity index (χ3v) is 2.71. The lowest BCUT2D eigenvalue weighted by Gasteiger charge is -2.29. The molecular weight excluding hydrogens is 190 g/mol. The van der Waals surface area contributed by atoms with Crippen LogP contribution in [-0.2, 0) is 0 Å². The molecule has 2 rings (SSSR count). The van der Waals surface area contributed by atoms with E-state index in [4.69, 9.17) is 5.73 Å². The molecule has 0 aromatic carbocycles. The van der Waals surface area contributed by atoms with Crippen molar-refractivity contribution in [1.29, 1.82) is 0 Å². The number of nitrogens with zero attached hydrogens (tertiary/aromatic N) is 2. The fraction of sp³-hybridized carbons (Fsp3) is 0.455. The van der Waals surface area contributed by atoms with E-state index in [1.165, 1.54) is 0 Å². The second kappa shape index (κ2) is 4.40. The quantitative estimate of drug-likeness (QED) is 0.684. The summed E-state index contributed by atoms with van der Waals surface area (Å²) in [5, 5.41) is 0. The van der Waals surface area contributed by atoms with Gasteiger partial charge in [0.15, 0.2) is 0 Å². The number of carbonyl (C=O) groups excluding carboxylic acids is 1. The summed E-state index contributed by atoms with van der Waals surface area (Å²) < 4.78 is 0. The minimum Gasteiger partial charge on any atom is -0.339 e. The van der Waals surface area contributed by atoms with Gasteiger partial charge in [-0.3, -0.25) is 15.5 Å². The lowest BCUT2D eigenvalue weighted by atomic mass is 10.1. The summed E-state index contributed by atoms with van der Waals surface area (Å²) in [4.78, 5) is 17.6. The van der Waals surface area contributed by atoms with Gasteiger partial charge >= 0.3 is 0 Å². The van der Waals surface area contributed by atoms with Gasteiger partial charge in [-0.25, -0.2) is 0 Å². The van der Waals surface area contributed by atoms with Gasteiger partial charge in [-0.05, 0) is 25.0 Å². The zero-order valence-electron chi connectivity index (χ0n) is 8.52. The molecule has 4 nitrogen and oxygen atoms in total. The molecule has 0 saturated carbocycles. The summed E-state index contributed by atoms with van der Waals surface area (Å²) in [5.74, 6) is 0.0595. The molecule has 0 bridgehead atoms. The number of hydrogen-bond acceptors (Lipinski definition) is 2. The molecular formula is C11H14N3O. The number of piperidine rings is 1. The first-order chi connectivity index (χ1) is 7.27. The lowest BCUT2D eigenvalue weighted by Crippen LogP contribution is -2.40. The van der Waals surface area contributed by atoms with Crippen molar-refractivity contribution >= 4 is 5.91 Å². The van der Waals surface area contributed by atoms with E-state index >= 15 is 0 Å². The van der Waals surface area contributed by atoms with Crippen molar-refractivity contribution in [2.24, 2.45) is 0 Å². The highest BCUT2D eigenvalue weighted by Gasteiger charge is 2.21. The molecule has 1 fully saturated rings. The van der Waals surface area contributed by atoms with Crippen LogP contribution in [0.5, 0.6) is 0 Å². The molecule has 1 aliphatic heterocycles. The SMILES string of the molecule is [NH]C1CCN(C(=O)c2ccncc2)CC1. The maximum atomic E-state index is 11.9. The van der Waals surface area contributed by atoms with Crippen LogP contribution < -0.4 is 5.73 Å². The number of nitrogens with one attached hydrogen (secondary N) is 1. The third kappa shape index (κ3) is 2.33. The Balaban J connectivity index is 2.03. The zero-order valence-corrected chi connectivity index (χ0v) is 8.52. The highest BCUT2D eigenvalue weighted by molar-refractivity contribution is 5.94. The topological polar surface area (TPSA) is 57.0 Å². The van der Waals surface area contributed by atoms with Crippen molar-refractivity contribution < 1.29 is 4.79 Å². The normalized spacial score (nSPS) is 17.8. The average Bonchev–Trinajstić information content (AvgIpc) is 2.30. The average molecular weight is 204 g/mol. The van der Waals surface area contributed by atoms with Gasteiger partial charge in [0.2, 0.25) is 0 Å². The van der Waals surface area contributed by atoms with Crippen LogP contribution in [0.4, 0.5) is 0 Å². The standard InChI is InChI=1S/C11H14N3O/c12-10-3-7-14(8-4-10)11(15)9-1-5-13-6-2-9/h1-2,5-6,10,12H,3-4,7-8H2. The molecule has 0 atom stereocenters. The first kappa shape index (κ1) is 10.1. The number of amides is 1. The van der Waals surface area contributed by atoms with Gasteiger partial charge in [0.05, 0.1) is 0 Å². The van der Waals surface area contributed by atoms with Crippen molar-refractivity contribution in [3.05, 3.63) is 30.1 Å². The van der Waals surface area contributed by atoms with Crippen molar-refractivity contribution in [1.82, 2.24) is 15.6 Å². The molecule has 0 aliphatic carbocycles. The van der Waals surface area contributed by atoms with E-state index in [1.54, 1.807) is 24.5 Å². The van der Waals surface area contributed by atoms with Crippen molar-refractivity contribution in [3.8, 4) is 0 Å². The Bertz CT molecular complexity index is 331. The van der Waals surface area contributed by atoms with Gasteiger partial charge in [-0.15, -0.1) is 0 Å². The minimum atomic E-state index is 0.00601. The second-order valence-electron chi connectivity index (χ2n) is 3.80. The highest BCUT2D eigenvalue weighted by Crippen LogP contribution is 2.12. The van der Waals surface area contributed by atoms with Gasteiger partial charge < -0.3 is 4.90 Å². The van der Waals surface area contributed by atoms with E-state index in [0.29, 0.717) is 18.7 Å². The Kier molecular flexibility index (Phi) is 2.97. The van der Waals surface area contributed by atoms with E-state index in [0.717, 1.165) is 12.8 Å². The molecule has 1 aromatic rings. The number of pyridine rings is 1. The molecule has 1 radical (unpaired) electrons. The van der Waals surface area contributed by atoms with Crippen LogP contribution in [0.1, 0.15) is 23.2 Å². The summed E-state index contributed by atoms with van der Waals surface area (Å²) in [6, 6.07) is 3.47. The predicted octanol–water partition coefficient (Wildman–Crippen LogP) is 0.969. The molecule has 79 valence electrons. The molecule has 1 amide bonds. The van der Waals surface area contributed by atoms with E-state index in [9.17, 15) is 4.79 Å². The van der Waals surface area contributed by atoms with Crippen LogP contribution >= 0.6 is 0 Å². The van der Waals surface area contributed by atoms with Crippen LogP contribution in [0.2, 0.25) is 0 Å². The van der Waals surface area contributed by atoms with Crippen molar-refractivity contribution in [3.63, 3.8) is 0 Å². The van der Waals surface area contributed by atoms with Gasteiger partial charge in [-0.2, -0.15) is 0 Å². The number of aromatic nitrogens is 1. The second-order valence-corrected chi connectivity index (χ2v) is 3.80. The fourth-order valence-corrected chi connectivity index (χ4v) is 1.76. The Morgan fingerprint density at radius 3 is 2.53 bits per heavy atom. The monoisotopic (exact) mass is 204 g/mol. The minimum absolute atomic E-state index is 0.00601. The van der Waals surface area contributed by atoms with Crippen molar-refractivity contribution in [2.45, 2.75) is 18.9 Å². The molecule has 2 heterocycles. The predicted molar refractivity (Wildman–Crippen MR) is 56.3 cm³/mol. The number of likely N-dealkylation sites (tertiary alicyclic amines) is 1. The van der Waals surface area contributed by atoms with Gasteiger partial charge in [0.1, 0.15) is 0 Å². The van der Waals surface area contributed by atoms with Crippen LogP contribution in [0, 0.1) is 0 Å². The van der Waals surface area contributed by atoms with E-state index in [2.05, 4.69) is 4.98 Å². The number of hydrogen-bond donors (Lipinski definition) is 0. The van der Waals surface area contributed by atoms with E-state index in [-0.39, 0.29) is 11.9 Å². The Hall–Kier alpha value is -1.42. The molecule has 4 heteroatoms. The smallest absolute Gasteiger partial charge is 0.253 e. The van der Waals surface area contributed by atoms with Crippen molar-refractivity contribution in [2.75, 3.05) is 13.1 Å². The molecule has 15 heavy (non-hydrogen) atoms. The fourth-order valence-electron chi connectivity index (χ4n) is 1.76. The number of rotatable bonds is 1. The molecule has 1 aliphatic rings. The summed E-state index contributed by atoms with van der Waals surface area (Å²) in [6.07, 6.45) is 4.84. The summed E-state index contributed by atoms with van der Waals surface area (Å²) in [5.41, 5.74) is 8.25. The maximum Gasteiger partial charge on any atom is 0.253 e. The van der Waals surface area contributed by atoms with Crippen LogP contribution in [0.15, 0.2) is 24.5 Å². The lowest BCUT2D eigenvalue weighted by molar-refractivity contribution is 0.0713. The first-order valence-electron chi connectivity index (χ1n) is 5.18. The molecule has 1 N–H and O–H groups in total. The van der Waals surface area contributed by atoms with Gasteiger partial charge in [0.25, 0.3) is 5.91 Å². The molecule has 1 saturated heterocycles. The third-order valence-electron chi connectivity index (χ3n) is 2.71. The largest absolute Gasteiger partial charge is 0.339 e. The molecule has 0 spiro atoms. The highest BCUT2D eigenvalue weighted by atomic mass is 16.2. The zero-order chi connectivity index (χ0) is 10.7. The maximum absolute atomic E-state index is 11.9. The van der Waals surface area contributed by atoms with Crippen LogP contribution in [0.25, 0.3) is 0 Å². The first-order valence-corrected chi connectivity index (χ1v) is 5.18. The summed E-state index contributed by atoms with van der Waals surface area (Å²) >= 11 is 0. The Morgan fingerprint density at radius 2 is 1.93 bits per heavy atom. The Morgan fingerprint density at radius 1 is 1.33 bits per heavy atom.